The Labute approximate surface area is 131 Å². The molecule has 2 heterocycles. The zero-order chi connectivity index (χ0) is 16.2. The Morgan fingerprint density at radius 2 is 2.27 bits per heavy atom. The first-order valence-electron chi connectivity index (χ1n) is 7.36. The summed E-state index contributed by atoms with van der Waals surface area (Å²) in [5, 5.41) is 3.10. The lowest BCUT2D eigenvalue weighted by atomic mass is 9.86. The van der Waals surface area contributed by atoms with Crippen LogP contribution in [0.1, 0.15) is 26.5 Å². The third-order valence-corrected chi connectivity index (χ3v) is 3.62. The van der Waals surface area contributed by atoms with Crippen molar-refractivity contribution in [2.75, 3.05) is 7.05 Å². The summed E-state index contributed by atoms with van der Waals surface area (Å²) in [6.07, 6.45) is 7.01. The molecule has 1 unspecified atom stereocenters. The highest BCUT2D eigenvalue weighted by molar-refractivity contribution is 5.74. The Hall–Kier alpha value is -2.24. The molecule has 120 valence electrons. The second-order valence-electron chi connectivity index (χ2n) is 6.56. The number of rotatable bonds is 5. The van der Waals surface area contributed by atoms with E-state index in [1.54, 1.807) is 30.7 Å². The predicted octanol–water partition coefficient (Wildman–Crippen LogP) is 2.73. The largest absolute Gasteiger partial charge is 0.467 e. The van der Waals surface area contributed by atoms with Crippen molar-refractivity contribution in [1.29, 1.82) is 0 Å². The zero-order valence-electron chi connectivity index (χ0n) is 13.6. The van der Waals surface area contributed by atoms with Gasteiger partial charge >= 0.3 is 6.03 Å². The van der Waals surface area contributed by atoms with Gasteiger partial charge in [0, 0.05) is 26.0 Å². The number of aromatic nitrogens is 2. The van der Waals surface area contributed by atoms with Crippen LogP contribution >= 0.6 is 0 Å². The van der Waals surface area contributed by atoms with Crippen LogP contribution in [0, 0.1) is 5.41 Å². The lowest BCUT2D eigenvalue weighted by molar-refractivity contribution is 0.178. The summed E-state index contributed by atoms with van der Waals surface area (Å²) in [5.74, 6) is 0.763. The smallest absolute Gasteiger partial charge is 0.317 e. The van der Waals surface area contributed by atoms with Gasteiger partial charge in [-0.15, -0.1) is 0 Å². The summed E-state index contributed by atoms with van der Waals surface area (Å²) in [6.45, 7) is 7.47. The maximum absolute atomic E-state index is 12.4. The van der Waals surface area contributed by atoms with Gasteiger partial charge in [0.25, 0.3) is 0 Å². The minimum Gasteiger partial charge on any atom is -0.467 e. The second kappa shape index (κ2) is 6.68. The number of furan rings is 1. The third-order valence-electron chi connectivity index (χ3n) is 3.62. The van der Waals surface area contributed by atoms with Gasteiger partial charge in [0.2, 0.25) is 0 Å². The normalized spacial score (nSPS) is 12.9. The van der Waals surface area contributed by atoms with Crippen LogP contribution in [0.4, 0.5) is 4.79 Å². The molecule has 1 N–H and O–H groups in total. The Morgan fingerprint density at radius 3 is 2.82 bits per heavy atom. The Morgan fingerprint density at radius 1 is 1.50 bits per heavy atom. The first-order valence-corrected chi connectivity index (χ1v) is 7.36. The van der Waals surface area contributed by atoms with Crippen LogP contribution in [0.25, 0.3) is 0 Å². The van der Waals surface area contributed by atoms with Gasteiger partial charge in [-0.05, 0) is 17.5 Å². The molecule has 1 atom stereocenters. The van der Waals surface area contributed by atoms with Gasteiger partial charge in [0.05, 0.1) is 25.2 Å². The molecule has 0 aliphatic rings. The average Bonchev–Trinajstić information content (AvgIpc) is 3.09. The van der Waals surface area contributed by atoms with Gasteiger partial charge < -0.3 is 19.2 Å². The molecular formula is C16H24N4O2. The third kappa shape index (κ3) is 4.38. The van der Waals surface area contributed by atoms with Gasteiger partial charge in [-0.1, -0.05) is 20.8 Å². The van der Waals surface area contributed by atoms with E-state index >= 15 is 0 Å². The molecule has 0 saturated heterocycles. The minimum absolute atomic E-state index is 0.00625. The summed E-state index contributed by atoms with van der Waals surface area (Å²) >= 11 is 0. The van der Waals surface area contributed by atoms with E-state index < -0.39 is 0 Å². The summed E-state index contributed by atoms with van der Waals surface area (Å²) in [7, 11) is 1.76. The number of urea groups is 1. The molecule has 0 aromatic carbocycles. The molecule has 6 nitrogen and oxygen atoms in total. The van der Waals surface area contributed by atoms with Crippen molar-refractivity contribution >= 4 is 6.03 Å². The van der Waals surface area contributed by atoms with Crippen molar-refractivity contribution in [2.24, 2.45) is 5.41 Å². The Kier molecular flexibility index (Phi) is 4.90. The lowest BCUT2D eigenvalue weighted by Gasteiger charge is -2.33. The monoisotopic (exact) mass is 304 g/mol. The van der Waals surface area contributed by atoms with E-state index in [-0.39, 0.29) is 17.5 Å². The molecule has 0 aliphatic carbocycles. The minimum atomic E-state index is -0.114. The SMILES string of the molecule is CN(Cc1ccco1)C(=O)NC(Cn1ccnc1)C(C)(C)C. The van der Waals surface area contributed by atoms with Crippen LogP contribution in [0.3, 0.4) is 0 Å². The number of carbonyl (C=O) groups is 1. The van der Waals surface area contributed by atoms with Crippen LogP contribution in [-0.4, -0.2) is 33.6 Å². The highest BCUT2D eigenvalue weighted by Gasteiger charge is 2.27. The highest BCUT2D eigenvalue weighted by Crippen LogP contribution is 2.21. The van der Waals surface area contributed by atoms with Crippen LogP contribution in [0.5, 0.6) is 0 Å². The summed E-state index contributed by atoms with van der Waals surface area (Å²) in [6, 6.07) is 3.55. The molecule has 2 aromatic heterocycles. The standard InChI is InChI=1S/C16H24N4O2/c1-16(2,3)14(11-20-8-7-17-12-20)18-15(21)19(4)10-13-6-5-9-22-13/h5-9,12,14H,10-11H2,1-4H3,(H,18,21). The number of amides is 2. The second-order valence-corrected chi connectivity index (χ2v) is 6.56. The van der Waals surface area contributed by atoms with Crippen molar-refractivity contribution in [3.8, 4) is 0 Å². The quantitative estimate of drug-likeness (QED) is 0.924. The topological polar surface area (TPSA) is 63.3 Å². The summed E-state index contributed by atoms with van der Waals surface area (Å²) in [5.41, 5.74) is -0.0640. The molecule has 0 aliphatic heterocycles. The molecule has 0 radical (unpaired) electrons. The van der Waals surface area contributed by atoms with E-state index in [0.717, 1.165) is 5.76 Å². The molecular weight excluding hydrogens is 280 g/mol. The van der Waals surface area contributed by atoms with Crippen molar-refractivity contribution < 1.29 is 9.21 Å². The molecule has 0 spiro atoms. The maximum Gasteiger partial charge on any atom is 0.317 e. The lowest BCUT2D eigenvalue weighted by Crippen LogP contribution is -2.50. The highest BCUT2D eigenvalue weighted by atomic mass is 16.3. The first kappa shape index (κ1) is 16.1. The van der Waals surface area contributed by atoms with E-state index in [1.807, 2.05) is 22.9 Å². The maximum atomic E-state index is 12.4. The molecule has 2 rings (SSSR count). The predicted molar refractivity (Wildman–Crippen MR) is 84.2 cm³/mol. The average molecular weight is 304 g/mol. The molecule has 6 heteroatoms. The fourth-order valence-corrected chi connectivity index (χ4v) is 2.11. The van der Waals surface area contributed by atoms with Crippen LogP contribution < -0.4 is 5.32 Å². The number of nitrogens with zero attached hydrogens (tertiary/aromatic N) is 3. The van der Waals surface area contributed by atoms with Crippen molar-refractivity contribution in [3.05, 3.63) is 42.9 Å². The van der Waals surface area contributed by atoms with Gasteiger partial charge in [-0.2, -0.15) is 0 Å². The summed E-state index contributed by atoms with van der Waals surface area (Å²) < 4.78 is 7.25. The molecule has 2 aromatic rings. The summed E-state index contributed by atoms with van der Waals surface area (Å²) in [4.78, 5) is 18.1. The van der Waals surface area contributed by atoms with Crippen LogP contribution in [0.2, 0.25) is 0 Å². The van der Waals surface area contributed by atoms with Gasteiger partial charge in [0.15, 0.2) is 0 Å². The molecule has 0 saturated carbocycles. The van der Waals surface area contributed by atoms with Gasteiger partial charge in [-0.3, -0.25) is 0 Å². The van der Waals surface area contributed by atoms with Crippen LogP contribution in [0.15, 0.2) is 41.5 Å². The van der Waals surface area contributed by atoms with E-state index in [4.69, 9.17) is 4.42 Å². The van der Waals surface area contributed by atoms with Gasteiger partial charge in [-0.25, -0.2) is 9.78 Å². The molecule has 0 bridgehead atoms. The zero-order valence-corrected chi connectivity index (χ0v) is 13.6. The van der Waals surface area contributed by atoms with Crippen molar-refractivity contribution in [1.82, 2.24) is 19.8 Å². The number of hydrogen-bond acceptors (Lipinski definition) is 3. The number of hydrogen-bond donors (Lipinski definition) is 1. The van der Waals surface area contributed by atoms with Crippen molar-refractivity contribution in [3.63, 3.8) is 0 Å². The van der Waals surface area contributed by atoms with Crippen LogP contribution in [-0.2, 0) is 13.1 Å². The van der Waals surface area contributed by atoms with Crippen molar-refractivity contribution in [2.45, 2.75) is 39.9 Å². The number of imidazole rings is 1. The number of carbonyl (C=O) groups excluding carboxylic acids is 1. The molecule has 22 heavy (non-hydrogen) atoms. The van der Waals surface area contributed by atoms with E-state index in [9.17, 15) is 4.79 Å². The molecule has 0 fully saturated rings. The first-order chi connectivity index (χ1) is 10.4. The van der Waals surface area contributed by atoms with Gasteiger partial charge in [0.1, 0.15) is 5.76 Å². The van der Waals surface area contributed by atoms with E-state index in [0.29, 0.717) is 13.1 Å². The fourth-order valence-electron chi connectivity index (χ4n) is 2.11. The van der Waals surface area contributed by atoms with E-state index in [2.05, 4.69) is 31.1 Å². The molecule has 2 amide bonds. The van der Waals surface area contributed by atoms with E-state index in [1.165, 1.54) is 0 Å². The Bertz CT molecular complexity index is 570. The number of nitrogens with one attached hydrogen (secondary N) is 1. The fraction of sp³-hybridized carbons (Fsp3) is 0.500. The Balaban J connectivity index is 1.98.